The van der Waals surface area contributed by atoms with Gasteiger partial charge in [0.05, 0.1) is 0 Å². The van der Waals surface area contributed by atoms with Gasteiger partial charge in [0.25, 0.3) is 0 Å². The Morgan fingerprint density at radius 2 is 1.84 bits per heavy atom. The van der Waals surface area contributed by atoms with Crippen molar-refractivity contribution in [2.24, 2.45) is 5.92 Å². The van der Waals surface area contributed by atoms with Gasteiger partial charge in [0.15, 0.2) is 0 Å². The standard InChI is InChI=1S/C15H27ClN2O/c16-8-11-17-9-3-10-18(13-12-17)15(19)7-6-14-4-1-2-5-14/h14H,1-13H2. The lowest BCUT2D eigenvalue weighted by Gasteiger charge is -2.22. The molecule has 1 heterocycles. The molecule has 4 heteroatoms. The van der Waals surface area contributed by atoms with Crippen molar-refractivity contribution in [3.8, 4) is 0 Å². The van der Waals surface area contributed by atoms with Gasteiger partial charge in [-0.2, -0.15) is 0 Å². The summed E-state index contributed by atoms with van der Waals surface area (Å²) >= 11 is 5.79. The summed E-state index contributed by atoms with van der Waals surface area (Å²) in [6.45, 7) is 4.84. The Morgan fingerprint density at radius 1 is 1.05 bits per heavy atom. The molecule has 110 valence electrons. The summed E-state index contributed by atoms with van der Waals surface area (Å²) in [5.74, 6) is 1.89. The van der Waals surface area contributed by atoms with Gasteiger partial charge in [-0.1, -0.05) is 25.7 Å². The van der Waals surface area contributed by atoms with Gasteiger partial charge >= 0.3 is 0 Å². The third-order valence-corrected chi connectivity index (χ3v) is 4.75. The van der Waals surface area contributed by atoms with Crippen LogP contribution in [0, 0.1) is 5.92 Å². The van der Waals surface area contributed by atoms with Crippen LogP contribution in [-0.2, 0) is 4.79 Å². The van der Waals surface area contributed by atoms with E-state index >= 15 is 0 Å². The summed E-state index contributed by atoms with van der Waals surface area (Å²) in [7, 11) is 0. The zero-order valence-electron chi connectivity index (χ0n) is 12.0. The number of alkyl halides is 1. The first-order valence-corrected chi connectivity index (χ1v) is 8.39. The smallest absolute Gasteiger partial charge is 0.222 e. The van der Waals surface area contributed by atoms with E-state index < -0.39 is 0 Å². The Balaban J connectivity index is 1.69. The van der Waals surface area contributed by atoms with E-state index in [1.54, 1.807) is 0 Å². The summed E-state index contributed by atoms with van der Waals surface area (Å²) in [4.78, 5) is 16.7. The molecule has 2 rings (SSSR count). The minimum Gasteiger partial charge on any atom is -0.341 e. The van der Waals surface area contributed by atoms with Crippen molar-refractivity contribution < 1.29 is 4.79 Å². The molecule has 0 bridgehead atoms. The minimum atomic E-state index is 0.375. The molecular weight excluding hydrogens is 260 g/mol. The third kappa shape index (κ3) is 4.96. The molecule has 0 radical (unpaired) electrons. The van der Waals surface area contributed by atoms with E-state index in [9.17, 15) is 4.79 Å². The van der Waals surface area contributed by atoms with Gasteiger partial charge in [0.1, 0.15) is 0 Å². The van der Waals surface area contributed by atoms with Crippen molar-refractivity contribution in [3.05, 3.63) is 0 Å². The fourth-order valence-electron chi connectivity index (χ4n) is 3.35. The number of carbonyl (C=O) groups excluding carboxylic acids is 1. The lowest BCUT2D eigenvalue weighted by atomic mass is 10.0. The second kappa shape index (κ2) is 8.11. The van der Waals surface area contributed by atoms with Crippen LogP contribution >= 0.6 is 11.6 Å². The Kier molecular flexibility index (Phi) is 6.45. The summed E-state index contributed by atoms with van der Waals surface area (Å²) in [6.07, 6.45) is 8.40. The minimum absolute atomic E-state index is 0.375. The molecule has 19 heavy (non-hydrogen) atoms. The van der Waals surface area contributed by atoms with Crippen LogP contribution in [0.25, 0.3) is 0 Å². The van der Waals surface area contributed by atoms with Gasteiger partial charge in [0, 0.05) is 38.5 Å². The highest BCUT2D eigenvalue weighted by atomic mass is 35.5. The van der Waals surface area contributed by atoms with Crippen molar-refractivity contribution in [1.82, 2.24) is 9.80 Å². The molecule has 1 aliphatic carbocycles. The van der Waals surface area contributed by atoms with Crippen LogP contribution in [0.5, 0.6) is 0 Å². The molecule has 2 aliphatic rings. The van der Waals surface area contributed by atoms with Crippen molar-refractivity contribution in [3.63, 3.8) is 0 Å². The average molecular weight is 287 g/mol. The van der Waals surface area contributed by atoms with Gasteiger partial charge in [-0.3, -0.25) is 4.79 Å². The first-order chi connectivity index (χ1) is 9.29. The molecule has 0 unspecified atom stereocenters. The van der Waals surface area contributed by atoms with Crippen molar-refractivity contribution in [2.75, 3.05) is 38.6 Å². The van der Waals surface area contributed by atoms with Gasteiger partial charge in [-0.15, -0.1) is 11.6 Å². The zero-order chi connectivity index (χ0) is 13.5. The summed E-state index contributed by atoms with van der Waals surface area (Å²) in [5.41, 5.74) is 0. The molecule has 0 N–H and O–H groups in total. The van der Waals surface area contributed by atoms with Crippen LogP contribution in [-0.4, -0.2) is 54.3 Å². The third-order valence-electron chi connectivity index (χ3n) is 4.58. The van der Waals surface area contributed by atoms with Crippen LogP contribution in [0.2, 0.25) is 0 Å². The van der Waals surface area contributed by atoms with Crippen molar-refractivity contribution >= 4 is 17.5 Å². The number of halogens is 1. The summed E-state index contributed by atoms with van der Waals surface area (Å²) in [6, 6.07) is 0. The first-order valence-electron chi connectivity index (χ1n) is 7.85. The van der Waals surface area contributed by atoms with Crippen molar-refractivity contribution in [1.29, 1.82) is 0 Å². The SMILES string of the molecule is O=C(CCC1CCCC1)N1CCCN(CCCl)CC1. The molecule has 0 atom stereocenters. The molecule has 0 aromatic heterocycles. The predicted octanol–water partition coefficient (Wildman–Crippen LogP) is 2.73. The number of carbonyl (C=O) groups is 1. The van der Waals surface area contributed by atoms with Crippen LogP contribution in [0.15, 0.2) is 0 Å². The van der Waals surface area contributed by atoms with E-state index in [0.717, 1.165) is 57.9 Å². The monoisotopic (exact) mass is 286 g/mol. The molecule has 1 amide bonds. The Labute approximate surface area is 122 Å². The average Bonchev–Trinajstić information content (AvgIpc) is 2.82. The van der Waals surface area contributed by atoms with E-state index in [-0.39, 0.29) is 0 Å². The predicted molar refractivity (Wildman–Crippen MR) is 79.5 cm³/mol. The number of hydrogen-bond donors (Lipinski definition) is 0. The number of hydrogen-bond acceptors (Lipinski definition) is 2. The molecule has 2 fully saturated rings. The van der Waals surface area contributed by atoms with Gasteiger partial charge in [0.2, 0.25) is 5.91 Å². The number of amides is 1. The van der Waals surface area contributed by atoms with Gasteiger partial charge < -0.3 is 9.80 Å². The van der Waals surface area contributed by atoms with Crippen LogP contribution in [0.4, 0.5) is 0 Å². The summed E-state index contributed by atoms with van der Waals surface area (Å²) < 4.78 is 0. The Morgan fingerprint density at radius 3 is 2.58 bits per heavy atom. The zero-order valence-corrected chi connectivity index (χ0v) is 12.7. The van der Waals surface area contributed by atoms with E-state index in [0.29, 0.717) is 11.8 Å². The molecule has 3 nitrogen and oxygen atoms in total. The normalized spacial score (nSPS) is 22.7. The topological polar surface area (TPSA) is 23.6 Å². The second-order valence-corrected chi connectivity index (χ2v) is 6.33. The van der Waals surface area contributed by atoms with Crippen molar-refractivity contribution in [2.45, 2.75) is 44.9 Å². The second-order valence-electron chi connectivity index (χ2n) is 5.95. The number of rotatable bonds is 5. The molecule has 1 saturated carbocycles. The Hall–Kier alpha value is -0.280. The highest BCUT2D eigenvalue weighted by molar-refractivity contribution is 6.18. The first kappa shape index (κ1) is 15.1. The van der Waals surface area contributed by atoms with Crippen LogP contribution in [0.1, 0.15) is 44.9 Å². The highest BCUT2D eigenvalue weighted by Gasteiger charge is 2.21. The van der Waals surface area contributed by atoms with Crippen LogP contribution < -0.4 is 0 Å². The maximum absolute atomic E-state index is 12.3. The highest BCUT2D eigenvalue weighted by Crippen LogP contribution is 2.28. The van der Waals surface area contributed by atoms with E-state index in [1.807, 2.05) is 0 Å². The quantitative estimate of drug-likeness (QED) is 0.726. The lowest BCUT2D eigenvalue weighted by Crippen LogP contribution is -2.35. The van der Waals surface area contributed by atoms with E-state index in [2.05, 4.69) is 9.80 Å². The van der Waals surface area contributed by atoms with E-state index in [1.165, 1.54) is 25.7 Å². The fraction of sp³-hybridized carbons (Fsp3) is 0.933. The van der Waals surface area contributed by atoms with Gasteiger partial charge in [-0.05, 0) is 25.3 Å². The largest absolute Gasteiger partial charge is 0.341 e. The summed E-state index contributed by atoms with van der Waals surface area (Å²) in [5, 5.41) is 0. The number of nitrogens with zero attached hydrogens (tertiary/aromatic N) is 2. The maximum atomic E-state index is 12.3. The van der Waals surface area contributed by atoms with Gasteiger partial charge in [-0.25, -0.2) is 0 Å². The molecule has 1 saturated heterocycles. The Bertz CT molecular complexity index is 279. The maximum Gasteiger partial charge on any atom is 0.222 e. The molecule has 0 spiro atoms. The fourth-order valence-corrected chi connectivity index (χ4v) is 3.59. The van der Waals surface area contributed by atoms with Crippen LogP contribution in [0.3, 0.4) is 0 Å². The van der Waals surface area contributed by atoms with E-state index in [4.69, 9.17) is 11.6 Å². The molecule has 1 aliphatic heterocycles. The lowest BCUT2D eigenvalue weighted by molar-refractivity contribution is -0.131. The molecule has 0 aromatic rings. The molecular formula is C15H27ClN2O. The molecule has 0 aromatic carbocycles.